The second kappa shape index (κ2) is 12.1. The molecule has 1 saturated heterocycles. The number of amides is 1. The fraction of sp³-hybridized carbons (Fsp3) is 0.650. The Balaban J connectivity index is 0.00000280. The van der Waals surface area contributed by atoms with Gasteiger partial charge in [-0.05, 0) is 50.2 Å². The van der Waals surface area contributed by atoms with Crippen LogP contribution in [0.4, 0.5) is 0 Å². The van der Waals surface area contributed by atoms with Crippen LogP contribution in [0.15, 0.2) is 23.3 Å². The maximum absolute atomic E-state index is 11.6. The summed E-state index contributed by atoms with van der Waals surface area (Å²) in [6, 6.07) is 3.93. The van der Waals surface area contributed by atoms with Crippen molar-refractivity contribution in [2.45, 2.75) is 45.6 Å². The van der Waals surface area contributed by atoms with Crippen LogP contribution in [0.5, 0.6) is 5.88 Å². The van der Waals surface area contributed by atoms with Crippen molar-refractivity contribution in [3.05, 3.63) is 23.9 Å². The smallest absolute Gasteiger partial charge is 0.222 e. The number of guanidine groups is 1. The Morgan fingerprint density at radius 1 is 1.39 bits per heavy atom. The minimum absolute atomic E-state index is 0. The number of rotatable bonds is 10. The Morgan fingerprint density at radius 2 is 2.25 bits per heavy atom. The molecule has 8 heteroatoms. The van der Waals surface area contributed by atoms with Gasteiger partial charge in [-0.3, -0.25) is 4.79 Å². The summed E-state index contributed by atoms with van der Waals surface area (Å²) in [7, 11) is 0. The van der Waals surface area contributed by atoms with Gasteiger partial charge in [0.15, 0.2) is 5.96 Å². The Hall–Kier alpha value is -1.58. The molecular formula is C20H32IN5O2. The zero-order valence-corrected chi connectivity index (χ0v) is 19.0. The quantitative estimate of drug-likeness (QED) is 0.223. The van der Waals surface area contributed by atoms with Crippen LogP contribution in [-0.4, -0.2) is 54.5 Å². The van der Waals surface area contributed by atoms with E-state index < -0.39 is 0 Å². The molecule has 3 rings (SSSR count). The second-order valence-corrected chi connectivity index (χ2v) is 7.22. The highest BCUT2D eigenvalue weighted by atomic mass is 127. The molecule has 1 aromatic heterocycles. The lowest BCUT2D eigenvalue weighted by Crippen LogP contribution is -2.39. The Morgan fingerprint density at radius 3 is 2.96 bits per heavy atom. The van der Waals surface area contributed by atoms with E-state index in [1.165, 1.54) is 12.8 Å². The van der Waals surface area contributed by atoms with E-state index in [1.807, 2.05) is 17.0 Å². The van der Waals surface area contributed by atoms with Crippen LogP contribution in [0.2, 0.25) is 0 Å². The van der Waals surface area contributed by atoms with E-state index in [0.717, 1.165) is 57.2 Å². The van der Waals surface area contributed by atoms with Gasteiger partial charge in [0.2, 0.25) is 11.8 Å². The van der Waals surface area contributed by atoms with Gasteiger partial charge in [0.05, 0.1) is 13.2 Å². The number of likely N-dealkylation sites (tertiary alicyclic amines) is 1. The Kier molecular flexibility index (Phi) is 9.80. The number of nitrogens with zero attached hydrogens (tertiary/aromatic N) is 3. The number of pyridine rings is 1. The average Bonchev–Trinajstić information content (AvgIpc) is 3.43. The first-order chi connectivity index (χ1) is 13.2. The molecule has 28 heavy (non-hydrogen) atoms. The summed E-state index contributed by atoms with van der Waals surface area (Å²) in [6.07, 6.45) is 6.94. The van der Waals surface area contributed by atoms with E-state index in [-0.39, 0.29) is 29.9 Å². The first kappa shape index (κ1) is 22.7. The molecule has 0 unspecified atom stereocenters. The van der Waals surface area contributed by atoms with Gasteiger partial charge >= 0.3 is 0 Å². The van der Waals surface area contributed by atoms with E-state index in [0.29, 0.717) is 24.8 Å². The van der Waals surface area contributed by atoms with E-state index in [9.17, 15) is 4.79 Å². The number of hydrogen-bond acceptors (Lipinski definition) is 4. The molecule has 1 saturated carbocycles. The van der Waals surface area contributed by atoms with Crippen molar-refractivity contribution >= 4 is 35.8 Å². The molecule has 0 spiro atoms. The zero-order chi connectivity index (χ0) is 18.9. The lowest BCUT2D eigenvalue weighted by Gasteiger charge is -2.16. The molecule has 1 aliphatic carbocycles. The topological polar surface area (TPSA) is 78.9 Å². The van der Waals surface area contributed by atoms with Crippen LogP contribution < -0.4 is 15.4 Å². The molecule has 2 aliphatic rings. The third kappa shape index (κ3) is 7.81. The molecule has 0 atom stereocenters. The summed E-state index contributed by atoms with van der Waals surface area (Å²) in [5.41, 5.74) is 1.08. The van der Waals surface area contributed by atoms with Crippen LogP contribution in [0.3, 0.4) is 0 Å². The largest absolute Gasteiger partial charge is 0.477 e. The number of carbonyl (C=O) groups excluding carboxylic acids is 1. The number of hydrogen-bond donors (Lipinski definition) is 2. The van der Waals surface area contributed by atoms with Gasteiger partial charge < -0.3 is 20.3 Å². The van der Waals surface area contributed by atoms with Gasteiger partial charge in [0.1, 0.15) is 0 Å². The number of aromatic nitrogens is 1. The average molecular weight is 501 g/mol. The van der Waals surface area contributed by atoms with Crippen LogP contribution >= 0.6 is 24.0 Å². The molecular weight excluding hydrogens is 469 g/mol. The molecule has 0 bridgehead atoms. The van der Waals surface area contributed by atoms with Gasteiger partial charge in [-0.25, -0.2) is 9.98 Å². The van der Waals surface area contributed by atoms with Crippen molar-refractivity contribution in [1.29, 1.82) is 0 Å². The minimum atomic E-state index is 0. The highest BCUT2D eigenvalue weighted by molar-refractivity contribution is 14.0. The highest BCUT2D eigenvalue weighted by Gasteiger charge is 2.22. The summed E-state index contributed by atoms with van der Waals surface area (Å²) in [5, 5.41) is 6.61. The first-order valence-corrected chi connectivity index (χ1v) is 10.1. The summed E-state index contributed by atoms with van der Waals surface area (Å²) in [6.45, 7) is 6.71. The maximum Gasteiger partial charge on any atom is 0.222 e. The molecule has 2 fully saturated rings. The third-order valence-electron chi connectivity index (χ3n) is 4.80. The molecule has 0 radical (unpaired) electrons. The van der Waals surface area contributed by atoms with Gasteiger partial charge in [0.25, 0.3) is 0 Å². The lowest BCUT2D eigenvalue weighted by molar-refractivity contribution is -0.127. The minimum Gasteiger partial charge on any atom is -0.477 e. The van der Waals surface area contributed by atoms with E-state index in [1.54, 1.807) is 6.20 Å². The first-order valence-electron chi connectivity index (χ1n) is 10.1. The predicted molar refractivity (Wildman–Crippen MR) is 121 cm³/mol. The van der Waals surface area contributed by atoms with Crippen molar-refractivity contribution in [2.75, 3.05) is 32.8 Å². The molecule has 1 amide bonds. The predicted octanol–water partition coefficient (Wildman–Crippen LogP) is 2.56. The highest BCUT2D eigenvalue weighted by Crippen LogP contribution is 2.29. The number of carbonyl (C=O) groups is 1. The van der Waals surface area contributed by atoms with Crippen LogP contribution in [0.25, 0.3) is 0 Å². The second-order valence-electron chi connectivity index (χ2n) is 7.22. The third-order valence-corrected chi connectivity index (χ3v) is 4.80. The van der Waals surface area contributed by atoms with Crippen molar-refractivity contribution in [1.82, 2.24) is 20.5 Å². The Bertz CT molecular complexity index is 651. The van der Waals surface area contributed by atoms with Gasteiger partial charge in [0, 0.05) is 44.9 Å². The zero-order valence-electron chi connectivity index (χ0n) is 16.7. The number of ether oxygens (including phenoxy) is 1. The fourth-order valence-corrected chi connectivity index (χ4v) is 3.04. The standard InChI is InChI=1S/C20H31N5O2.HI/c1-2-21-20(23-9-4-12-25-11-3-5-19(25)26)24-14-17-8-10-22-18(13-17)27-15-16-6-7-16;/h8,10,13,16H,2-7,9,11-12,14-15H2,1H3,(H2,21,23,24);1H. The molecule has 1 aliphatic heterocycles. The molecule has 0 aromatic carbocycles. The molecule has 156 valence electrons. The monoisotopic (exact) mass is 501 g/mol. The molecule has 1 aromatic rings. The van der Waals surface area contributed by atoms with Crippen LogP contribution in [0.1, 0.15) is 44.6 Å². The van der Waals surface area contributed by atoms with Crippen molar-refractivity contribution in [3.63, 3.8) is 0 Å². The van der Waals surface area contributed by atoms with Crippen molar-refractivity contribution < 1.29 is 9.53 Å². The lowest BCUT2D eigenvalue weighted by atomic mass is 10.3. The summed E-state index contributed by atoms with van der Waals surface area (Å²) in [4.78, 5) is 22.5. The van der Waals surface area contributed by atoms with Gasteiger partial charge in [-0.1, -0.05) is 0 Å². The van der Waals surface area contributed by atoms with Crippen molar-refractivity contribution in [3.8, 4) is 5.88 Å². The maximum atomic E-state index is 11.6. The SMILES string of the molecule is CCNC(=NCc1ccnc(OCC2CC2)c1)NCCCN1CCCC1=O.I. The fourth-order valence-electron chi connectivity index (χ4n) is 3.04. The normalized spacial score (nSPS) is 16.7. The van der Waals surface area contributed by atoms with Crippen LogP contribution in [-0.2, 0) is 11.3 Å². The van der Waals surface area contributed by atoms with Crippen LogP contribution in [0, 0.1) is 5.92 Å². The Labute approximate surface area is 184 Å². The summed E-state index contributed by atoms with van der Waals surface area (Å²) < 4.78 is 5.74. The van der Waals surface area contributed by atoms with E-state index in [2.05, 4.69) is 27.5 Å². The summed E-state index contributed by atoms with van der Waals surface area (Å²) in [5.74, 6) is 2.48. The summed E-state index contributed by atoms with van der Waals surface area (Å²) >= 11 is 0. The van der Waals surface area contributed by atoms with E-state index >= 15 is 0 Å². The van der Waals surface area contributed by atoms with Gasteiger partial charge in [-0.2, -0.15) is 0 Å². The number of nitrogens with one attached hydrogen (secondary N) is 2. The molecule has 2 heterocycles. The number of aliphatic imine (C=N–C) groups is 1. The molecule has 2 N–H and O–H groups in total. The number of halogens is 1. The van der Waals surface area contributed by atoms with Crippen molar-refractivity contribution in [2.24, 2.45) is 10.9 Å². The van der Waals surface area contributed by atoms with E-state index in [4.69, 9.17) is 4.74 Å². The molecule has 7 nitrogen and oxygen atoms in total. The van der Waals surface area contributed by atoms with Gasteiger partial charge in [-0.15, -0.1) is 24.0 Å².